The summed E-state index contributed by atoms with van der Waals surface area (Å²) in [6.07, 6.45) is -2.63. The van der Waals surface area contributed by atoms with Gasteiger partial charge in [0.15, 0.2) is 6.23 Å². The van der Waals surface area contributed by atoms with Crippen LogP contribution in [0.3, 0.4) is 0 Å². The van der Waals surface area contributed by atoms with Crippen molar-refractivity contribution in [3.8, 4) is 5.75 Å². The number of nitrogens with one attached hydrogen (secondary N) is 1. The number of aldehydes is 1. The maximum absolute atomic E-state index is 13.8. The predicted octanol–water partition coefficient (Wildman–Crippen LogP) is 3.02. The maximum atomic E-state index is 13.8. The lowest BCUT2D eigenvalue weighted by Gasteiger charge is -2.33. The minimum Gasteiger partial charge on any atom is -0.462 e. The lowest BCUT2D eigenvalue weighted by atomic mass is 9.93. The maximum Gasteiger partial charge on any atom is 0.459 e. The average Bonchev–Trinajstić information content (AvgIpc) is 3.09. The number of aliphatic hydroxyl groups is 1. The molecule has 1 aliphatic rings. The fourth-order valence-corrected chi connectivity index (χ4v) is 5.26. The molecule has 0 spiro atoms. The van der Waals surface area contributed by atoms with Crippen LogP contribution >= 0.6 is 19.3 Å². The lowest BCUT2D eigenvalue weighted by Crippen LogP contribution is -2.53. The number of benzene rings is 1. The third kappa shape index (κ3) is 8.16. The zero-order valence-electron chi connectivity index (χ0n) is 21.5. The smallest absolute Gasteiger partial charge is 0.459 e. The summed E-state index contributed by atoms with van der Waals surface area (Å²) < 4.78 is 35.7. The van der Waals surface area contributed by atoms with Gasteiger partial charge in [0, 0.05) is 11.1 Å². The molecule has 0 aromatic heterocycles. The van der Waals surface area contributed by atoms with Crippen LogP contribution in [0.4, 0.5) is 4.79 Å². The minimum absolute atomic E-state index is 0.0389. The van der Waals surface area contributed by atoms with Crippen molar-refractivity contribution in [2.24, 2.45) is 10.8 Å². The van der Waals surface area contributed by atoms with Crippen LogP contribution < -0.4 is 15.3 Å². The van der Waals surface area contributed by atoms with Crippen molar-refractivity contribution < 1.29 is 42.6 Å². The van der Waals surface area contributed by atoms with E-state index < -0.39 is 62.5 Å². The summed E-state index contributed by atoms with van der Waals surface area (Å²) in [4.78, 5) is 38.6. The second-order valence-electron chi connectivity index (χ2n) is 8.76. The van der Waals surface area contributed by atoms with Gasteiger partial charge in [-0.2, -0.15) is 5.09 Å². The van der Waals surface area contributed by atoms with Gasteiger partial charge in [-0.15, -0.1) is 0 Å². The summed E-state index contributed by atoms with van der Waals surface area (Å²) >= 11 is 6.13. The van der Waals surface area contributed by atoms with Gasteiger partial charge in [0.1, 0.15) is 29.7 Å². The van der Waals surface area contributed by atoms with Crippen LogP contribution in [0.15, 0.2) is 41.7 Å². The molecule has 1 unspecified atom stereocenters. The molecule has 2 amide bonds. The third-order valence-electron chi connectivity index (χ3n) is 5.37. The van der Waals surface area contributed by atoms with Gasteiger partial charge in [0.05, 0.1) is 23.8 Å². The number of carbonyl (C=O) groups excluding carboxylic acids is 3. The normalized spacial score (nSPS) is 24.9. The molecule has 1 saturated heterocycles. The van der Waals surface area contributed by atoms with Crippen molar-refractivity contribution in [1.29, 1.82) is 0 Å². The highest BCUT2D eigenvalue weighted by Crippen LogP contribution is 2.48. The Labute approximate surface area is 229 Å². The average molecular weight is 589 g/mol. The summed E-state index contributed by atoms with van der Waals surface area (Å²) in [5, 5.41) is 17.1. The van der Waals surface area contributed by atoms with Crippen LogP contribution in [0.25, 0.3) is 10.4 Å². The first-order valence-corrected chi connectivity index (χ1v) is 13.5. The van der Waals surface area contributed by atoms with Crippen LogP contribution in [0.5, 0.6) is 5.75 Å². The summed E-state index contributed by atoms with van der Waals surface area (Å²) in [6.45, 7) is 5.28. The number of aliphatic hydroxyl groups excluding tert-OH is 1. The Bertz CT molecular complexity index is 1180. The Morgan fingerprint density at radius 3 is 2.64 bits per heavy atom. The second-order valence-corrected chi connectivity index (χ2v) is 10.9. The van der Waals surface area contributed by atoms with Gasteiger partial charge in [-0.1, -0.05) is 28.8 Å². The van der Waals surface area contributed by atoms with E-state index in [1.54, 1.807) is 26.0 Å². The number of hydrogen-bond donors (Lipinski definition) is 3. The number of para-hydroxylation sites is 1. The van der Waals surface area contributed by atoms with E-state index in [4.69, 9.17) is 41.4 Å². The lowest BCUT2D eigenvalue weighted by molar-refractivity contribution is -0.149. The quantitative estimate of drug-likeness (QED) is 0.0582. The third-order valence-corrected chi connectivity index (χ3v) is 7.31. The first-order valence-electron chi connectivity index (χ1n) is 11.5. The monoisotopic (exact) mass is 588 g/mol. The molecule has 0 bridgehead atoms. The summed E-state index contributed by atoms with van der Waals surface area (Å²) in [7, 11) is -4.43. The van der Waals surface area contributed by atoms with Gasteiger partial charge in [0.25, 0.3) is 0 Å². The Hall–Kier alpha value is -3.16. The van der Waals surface area contributed by atoms with Crippen LogP contribution in [-0.4, -0.2) is 71.0 Å². The van der Waals surface area contributed by atoms with Gasteiger partial charge in [-0.3, -0.25) is 19.0 Å². The number of rotatable bonds is 13. The molecule has 17 heteroatoms. The summed E-state index contributed by atoms with van der Waals surface area (Å²) in [6, 6.07) is 3.81. The molecule has 0 saturated carbocycles. The van der Waals surface area contributed by atoms with E-state index in [1.165, 1.54) is 26.0 Å². The number of primary amides is 1. The Morgan fingerprint density at radius 2 is 2.08 bits per heavy atom. The van der Waals surface area contributed by atoms with Crippen LogP contribution in [0.2, 0.25) is 5.02 Å². The molecule has 4 N–H and O–H groups in total. The number of amides is 2. The number of ether oxygens (including phenoxy) is 2. The van der Waals surface area contributed by atoms with Crippen molar-refractivity contribution in [3.05, 3.63) is 52.0 Å². The van der Waals surface area contributed by atoms with Crippen molar-refractivity contribution in [1.82, 2.24) is 9.99 Å². The van der Waals surface area contributed by atoms with E-state index >= 15 is 0 Å². The zero-order valence-corrected chi connectivity index (χ0v) is 23.2. The van der Waals surface area contributed by atoms with Crippen LogP contribution in [0.1, 0.15) is 27.7 Å². The molecule has 1 aliphatic heterocycles. The molecule has 0 aliphatic carbocycles. The molecule has 15 nitrogen and oxygen atoms in total. The first kappa shape index (κ1) is 32.1. The number of azide groups is 1. The van der Waals surface area contributed by atoms with E-state index in [-0.39, 0.29) is 10.8 Å². The molecule has 2 rings (SSSR count). The molecule has 1 heterocycles. The second kappa shape index (κ2) is 13.8. The van der Waals surface area contributed by atoms with Crippen molar-refractivity contribution in [2.75, 3.05) is 6.61 Å². The largest absolute Gasteiger partial charge is 0.462 e. The molecule has 214 valence electrons. The zero-order chi connectivity index (χ0) is 29.4. The van der Waals surface area contributed by atoms with Crippen LogP contribution in [-0.2, 0) is 28.2 Å². The van der Waals surface area contributed by atoms with Crippen LogP contribution in [0, 0.1) is 0 Å². The standard InChI is InChI=1S/C22H30ClN6O9P/c1-13(2)36-19(32)14(3)26-39(34,38-16-9-6-5-8-15(16)23)35-12-17-18(31)22(4,27-28-25)20(37-17)29(21(24)33)10-7-11-30/h5-11,13-14,17-18,20,31H,12H2,1-4H3,(H2,24,33)(H,26,34)/b10-7-/t14-,17+,18+,20+,22+,39?/m0/s1. The highest BCUT2D eigenvalue weighted by atomic mass is 35.5. The number of esters is 1. The summed E-state index contributed by atoms with van der Waals surface area (Å²) in [5.74, 6) is -0.785. The van der Waals surface area contributed by atoms with E-state index in [0.717, 1.165) is 17.2 Å². The van der Waals surface area contributed by atoms with E-state index in [0.29, 0.717) is 6.29 Å². The minimum atomic E-state index is -4.43. The van der Waals surface area contributed by atoms with Gasteiger partial charge in [-0.25, -0.2) is 9.36 Å². The van der Waals surface area contributed by atoms with Gasteiger partial charge >= 0.3 is 19.7 Å². The number of allylic oxidation sites excluding steroid dienone is 1. The van der Waals surface area contributed by atoms with Crippen molar-refractivity contribution in [2.45, 2.75) is 63.8 Å². The first-order chi connectivity index (χ1) is 18.3. The SMILES string of the molecule is CC(C)OC(=O)[C@H](C)NP(=O)(OC[C@H]1O[C@@H](N(/C=C\C=O)C(N)=O)[C@](C)(N=[N+]=[N-])[C@@H]1O)Oc1ccccc1Cl. The van der Waals surface area contributed by atoms with E-state index in [1.807, 2.05) is 0 Å². The number of nitrogens with two attached hydrogens (primary N) is 1. The van der Waals surface area contributed by atoms with E-state index in [2.05, 4.69) is 15.1 Å². The van der Waals surface area contributed by atoms with Gasteiger partial charge < -0.3 is 24.8 Å². The Morgan fingerprint density at radius 1 is 1.41 bits per heavy atom. The predicted molar refractivity (Wildman–Crippen MR) is 138 cm³/mol. The number of carbonyl (C=O) groups is 3. The molecule has 0 radical (unpaired) electrons. The number of nitrogens with zero attached hydrogens (tertiary/aromatic N) is 4. The number of hydrogen-bond acceptors (Lipinski definition) is 10. The summed E-state index contributed by atoms with van der Waals surface area (Å²) in [5.41, 5.74) is 12.7. The molecule has 6 atom stereocenters. The molecule has 1 fully saturated rings. The molecular weight excluding hydrogens is 559 g/mol. The highest BCUT2D eigenvalue weighted by Gasteiger charge is 2.56. The van der Waals surface area contributed by atoms with Crippen molar-refractivity contribution in [3.63, 3.8) is 0 Å². The van der Waals surface area contributed by atoms with Gasteiger partial charge in [0.2, 0.25) is 0 Å². The molecular formula is C22H30ClN6O9P. The molecule has 1 aromatic carbocycles. The Kier molecular flexibility index (Phi) is 11.3. The molecule has 39 heavy (non-hydrogen) atoms. The van der Waals surface area contributed by atoms with E-state index in [9.17, 15) is 24.1 Å². The van der Waals surface area contributed by atoms with Crippen molar-refractivity contribution >= 4 is 37.6 Å². The number of halogens is 1. The fourth-order valence-electron chi connectivity index (χ4n) is 3.51. The van der Waals surface area contributed by atoms with Gasteiger partial charge in [-0.05, 0) is 51.4 Å². The topological polar surface area (TPSA) is 215 Å². The Balaban J connectivity index is 2.36. The highest BCUT2D eigenvalue weighted by molar-refractivity contribution is 7.52. The fraction of sp³-hybridized carbons (Fsp3) is 0.500. The number of urea groups is 1. The molecule has 1 aromatic rings.